The number of esters is 1. The molecule has 0 aromatic heterocycles. The summed E-state index contributed by atoms with van der Waals surface area (Å²) in [7, 11) is 1.17. The quantitative estimate of drug-likeness (QED) is 0.103. The standard InChI is InChI=1S/C10H15N3O9S/c1-9(2)18-7-6(19-23-22-21-15)5(4-12-13-11)17-10(7,20-9)8(14)16-3/h5-7,15H,4H2,1-3H3/t5-,6+,7-,10+/m0/s1. The van der Waals surface area contributed by atoms with Crippen LogP contribution in [0.25, 0.3) is 10.4 Å². The van der Waals surface area contributed by atoms with Crippen LogP contribution in [0.4, 0.5) is 0 Å². The zero-order chi connectivity index (χ0) is 17.1. The van der Waals surface area contributed by atoms with Gasteiger partial charge >= 0.3 is 11.8 Å². The molecule has 2 heterocycles. The van der Waals surface area contributed by atoms with Gasteiger partial charge in [0.2, 0.25) is 0 Å². The highest BCUT2D eigenvalue weighted by Crippen LogP contribution is 2.48. The van der Waals surface area contributed by atoms with E-state index in [-0.39, 0.29) is 18.9 Å². The first kappa shape index (κ1) is 18.2. The fourth-order valence-electron chi connectivity index (χ4n) is 2.48. The van der Waals surface area contributed by atoms with Crippen molar-refractivity contribution in [3.63, 3.8) is 0 Å². The van der Waals surface area contributed by atoms with E-state index in [0.717, 1.165) is 0 Å². The molecule has 12 nitrogen and oxygen atoms in total. The summed E-state index contributed by atoms with van der Waals surface area (Å²) in [6, 6.07) is 0. The van der Waals surface area contributed by atoms with E-state index in [1.165, 1.54) is 7.11 Å². The molecule has 2 fully saturated rings. The Balaban J connectivity index is 2.28. The lowest BCUT2D eigenvalue weighted by atomic mass is 10.1. The number of fused-ring (bicyclic) bond motifs is 1. The van der Waals surface area contributed by atoms with Crippen LogP contribution >= 0.6 is 12.3 Å². The van der Waals surface area contributed by atoms with Crippen molar-refractivity contribution in [1.29, 1.82) is 0 Å². The van der Waals surface area contributed by atoms with E-state index in [2.05, 4.69) is 19.4 Å². The van der Waals surface area contributed by atoms with Gasteiger partial charge in [0, 0.05) is 4.91 Å². The van der Waals surface area contributed by atoms with Crippen LogP contribution in [-0.4, -0.2) is 54.8 Å². The van der Waals surface area contributed by atoms with Gasteiger partial charge in [-0.2, -0.15) is 0 Å². The molecule has 130 valence electrons. The summed E-state index contributed by atoms with van der Waals surface area (Å²) >= 11 is 0.280. The van der Waals surface area contributed by atoms with Crippen LogP contribution in [-0.2, 0) is 37.3 Å². The van der Waals surface area contributed by atoms with Crippen LogP contribution in [0.3, 0.4) is 0 Å². The molecule has 0 spiro atoms. The topological polar surface area (TPSA) is 151 Å². The van der Waals surface area contributed by atoms with Crippen LogP contribution in [0.1, 0.15) is 13.8 Å². The monoisotopic (exact) mass is 353 g/mol. The molecule has 0 radical (unpaired) electrons. The number of nitrogens with zero attached hydrogens (tertiary/aromatic N) is 3. The summed E-state index contributed by atoms with van der Waals surface area (Å²) in [6.07, 6.45) is -2.86. The van der Waals surface area contributed by atoms with Crippen LogP contribution in [0.2, 0.25) is 0 Å². The largest absolute Gasteiger partial charge is 0.465 e. The maximum atomic E-state index is 12.2. The van der Waals surface area contributed by atoms with Crippen molar-refractivity contribution < 1.29 is 42.6 Å². The van der Waals surface area contributed by atoms with Gasteiger partial charge in [-0.1, -0.05) is 10.2 Å². The molecule has 0 unspecified atom stereocenters. The maximum absolute atomic E-state index is 12.2. The van der Waals surface area contributed by atoms with E-state index in [9.17, 15) is 4.79 Å². The molecule has 13 heteroatoms. The third-order valence-corrected chi connectivity index (χ3v) is 3.59. The average molecular weight is 353 g/mol. The highest BCUT2D eigenvalue weighted by atomic mass is 32.2. The zero-order valence-corrected chi connectivity index (χ0v) is 13.2. The fraction of sp³-hybridized carbons (Fsp3) is 0.900. The first-order chi connectivity index (χ1) is 10.9. The van der Waals surface area contributed by atoms with Gasteiger partial charge in [-0.25, -0.2) is 10.1 Å². The van der Waals surface area contributed by atoms with E-state index < -0.39 is 35.9 Å². The van der Waals surface area contributed by atoms with E-state index in [0.29, 0.717) is 0 Å². The van der Waals surface area contributed by atoms with Crippen molar-refractivity contribution in [1.82, 2.24) is 0 Å². The summed E-state index contributed by atoms with van der Waals surface area (Å²) in [4.78, 5) is 14.8. The van der Waals surface area contributed by atoms with Gasteiger partial charge in [-0.3, -0.25) is 4.18 Å². The molecule has 4 atom stereocenters. The summed E-state index contributed by atoms with van der Waals surface area (Å²) in [5, 5.41) is 15.0. The summed E-state index contributed by atoms with van der Waals surface area (Å²) in [6.45, 7) is 3.00. The van der Waals surface area contributed by atoms with E-state index in [1.807, 2.05) is 0 Å². The highest BCUT2D eigenvalue weighted by Gasteiger charge is 2.70. The lowest BCUT2D eigenvalue weighted by Gasteiger charge is -2.26. The number of carbonyl (C=O) groups is 1. The van der Waals surface area contributed by atoms with Gasteiger partial charge in [0.25, 0.3) is 0 Å². The van der Waals surface area contributed by atoms with Crippen LogP contribution in [0.15, 0.2) is 5.11 Å². The Morgan fingerprint density at radius 1 is 1.48 bits per heavy atom. The first-order valence-electron chi connectivity index (χ1n) is 6.35. The molecule has 0 saturated carbocycles. The number of carbonyl (C=O) groups excluding carboxylic acids is 1. The van der Waals surface area contributed by atoms with Crippen molar-refractivity contribution >= 4 is 18.3 Å². The van der Waals surface area contributed by atoms with Crippen molar-refractivity contribution in [3.05, 3.63) is 10.4 Å². The molecule has 0 aromatic carbocycles. The minimum atomic E-state index is -1.88. The molecule has 0 amide bonds. The lowest BCUT2D eigenvalue weighted by molar-refractivity contribution is -0.434. The molecule has 0 aliphatic carbocycles. The Bertz CT molecular complexity index is 500. The zero-order valence-electron chi connectivity index (χ0n) is 12.4. The van der Waals surface area contributed by atoms with Crippen LogP contribution < -0.4 is 0 Å². The molecule has 0 aromatic rings. The smallest absolute Gasteiger partial charge is 0.369 e. The molecule has 0 bridgehead atoms. The third-order valence-electron chi connectivity index (χ3n) is 3.18. The van der Waals surface area contributed by atoms with Gasteiger partial charge in [-0.05, 0) is 19.4 Å². The van der Waals surface area contributed by atoms with Gasteiger partial charge in [0.15, 0.2) is 24.2 Å². The molecule has 2 rings (SSSR count). The fourth-order valence-corrected chi connectivity index (χ4v) is 2.86. The molecule has 1 N–H and O–H groups in total. The number of methoxy groups -OCH3 is 1. The minimum absolute atomic E-state index is 0.163. The average Bonchev–Trinajstić information content (AvgIpc) is 2.93. The second-order valence-corrected chi connectivity index (χ2v) is 5.51. The SMILES string of the molecule is COC(=O)[C@@]12O[C@@H](CN=[N+]=[N-])[C@@H](OSOOO)[C@@H]1OC(C)(C)O2. The Kier molecular flexibility index (Phi) is 5.67. The Labute approximate surface area is 134 Å². The third kappa shape index (κ3) is 3.52. The van der Waals surface area contributed by atoms with Crippen LogP contribution in [0, 0.1) is 0 Å². The Morgan fingerprint density at radius 2 is 2.22 bits per heavy atom. The molecule has 2 aliphatic heterocycles. The van der Waals surface area contributed by atoms with Crippen molar-refractivity contribution in [2.75, 3.05) is 13.7 Å². The summed E-state index contributed by atoms with van der Waals surface area (Å²) in [5.41, 5.74) is 8.46. The van der Waals surface area contributed by atoms with E-state index >= 15 is 0 Å². The molecule has 23 heavy (non-hydrogen) atoms. The van der Waals surface area contributed by atoms with Gasteiger partial charge < -0.3 is 18.9 Å². The molecule has 2 aliphatic rings. The second-order valence-electron chi connectivity index (χ2n) is 5.04. The van der Waals surface area contributed by atoms with Crippen molar-refractivity contribution in [2.24, 2.45) is 5.11 Å². The minimum Gasteiger partial charge on any atom is -0.465 e. The van der Waals surface area contributed by atoms with Gasteiger partial charge in [0.05, 0.1) is 19.8 Å². The van der Waals surface area contributed by atoms with Gasteiger partial charge in [0.1, 0.15) is 6.10 Å². The first-order valence-corrected chi connectivity index (χ1v) is 7.02. The number of hydrogen-bond donors (Lipinski definition) is 1. The number of azide groups is 1. The highest BCUT2D eigenvalue weighted by molar-refractivity contribution is 7.89. The molecule has 2 saturated heterocycles. The predicted molar refractivity (Wildman–Crippen MR) is 70.9 cm³/mol. The second kappa shape index (κ2) is 7.17. The van der Waals surface area contributed by atoms with E-state index in [4.69, 9.17) is 33.9 Å². The normalized spacial score (nSPS) is 34.7. The summed E-state index contributed by atoms with van der Waals surface area (Å²) < 4.78 is 31.0. The van der Waals surface area contributed by atoms with Crippen LogP contribution in [0.5, 0.6) is 0 Å². The van der Waals surface area contributed by atoms with Gasteiger partial charge in [-0.15, -0.1) is 4.33 Å². The predicted octanol–water partition coefficient (Wildman–Crippen LogP) is 1.09. The molecular formula is C10H15N3O9S. The van der Waals surface area contributed by atoms with Crippen molar-refractivity contribution in [3.8, 4) is 0 Å². The molecular weight excluding hydrogens is 338 g/mol. The number of hydrogen-bond acceptors (Lipinski definition) is 11. The summed E-state index contributed by atoms with van der Waals surface area (Å²) in [5.74, 6) is -3.85. The number of rotatable bonds is 7. The lowest BCUT2D eigenvalue weighted by Crippen LogP contribution is -2.48. The van der Waals surface area contributed by atoms with E-state index in [1.54, 1.807) is 13.8 Å². The Morgan fingerprint density at radius 3 is 2.83 bits per heavy atom. The Hall–Kier alpha value is -1.15. The van der Waals surface area contributed by atoms with Crippen molar-refractivity contribution in [2.45, 2.75) is 43.7 Å². The maximum Gasteiger partial charge on any atom is 0.369 e. The number of ether oxygens (including phenoxy) is 4.